The fraction of sp³-hybridized carbons (Fsp3) is 0.411. The predicted octanol–water partition coefficient (Wildman–Crippen LogP) is 9.78. The van der Waals surface area contributed by atoms with Gasteiger partial charge < -0.3 is 30.7 Å². The molecule has 388 valence electrons. The maximum Gasteiger partial charge on any atom is 0.246 e. The van der Waals surface area contributed by atoms with Crippen LogP contribution in [-0.4, -0.2) is 90.1 Å². The van der Waals surface area contributed by atoms with E-state index in [1.54, 1.807) is 33.6 Å². The van der Waals surface area contributed by atoms with Crippen molar-refractivity contribution in [2.24, 2.45) is 10.4 Å². The van der Waals surface area contributed by atoms with Crippen molar-refractivity contribution in [1.82, 2.24) is 40.6 Å². The number of hydrogen-bond acceptors (Lipinski definition) is 12. The Morgan fingerprint density at radius 1 is 0.959 bits per heavy atom. The van der Waals surface area contributed by atoms with Crippen LogP contribution in [-0.2, 0) is 20.8 Å². The largest absolute Gasteiger partial charge is 0.490 e. The summed E-state index contributed by atoms with van der Waals surface area (Å²) in [4.78, 5) is 55.2. The van der Waals surface area contributed by atoms with Gasteiger partial charge in [0, 0.05) is 77.1 Å². The number of β-amino-alcohol motifs (C(OH)–C–C–N with tert-alkyl or cyclic N) is 1. The lowest BCUT2D eigenvalue weighted by Gasteiger charge is -2.36. The van der Waals surface area contributed by atoms with Crippen molar-refractivity contribution in [3.05, 3.63) is 145 Å². The summed E-state index contributed by atoms with van der Waals surface area (Å²) in [6.07, 6.45) is 0.588. The zero-order valence-corrected chi connectivity index (χ0v) is 45.4. The zero-order valence-electron chi connectivity index (χ0n) is 43.0. The number of nitrogens with one attached hydrogen (secondary N) is 3. The molecule has 9 rings (SSSR count). The first-order valence-electron chi connectivity index (χ1n) is 25.1. The summed E-state index contributed by atoms with van der Waals surface area (Å²) in [7, 11) is 0. The molecule has 2 fully saturated rings. The number of aromatic nitrogens is 4. The first-order valence-corrected chi connectivity index (χ1v) is 27.1. The summed E-state index contributed by atoms with van der Waals surface area (Å²) in [5.41, 5.74) is 9.21. The van der Waals surface area contributed by atoms with Gasteiger partial charge in [0.15, 0.2) is 5.82 Å². The third kappa shape index (κ3) is 11.4. The lowest BCUT2D eigenvalue weighted by Crippen LogP contribution is -2.56. The van der Waals surface area contributed by atoms with E-state index >= 15 is 4.39 Å². The van der Waals surface area contributed by atoms with Crippen LogP contribution in [0.25, 0.3) is 15.4 Å². The minimum Gasteiger partial charge on any atom is -0.490 e. The standard InChI is InChI=1S/C56H63ClFN9O5S2/c1-29-33(5)74-55-49(29)50(37-15-17-39(57)18-16-37)62-45(53-65-64-34(6)67(53)55)26-48(70)61-41-23-44(24-41)72-43-21-35(20-40(58)22-43)10-19-47(69)63-52(56(7,8)9)54(71)66-27-42(68)25-46(66)31(3)60-30(2)36-11-13-38(14-12-36)51-32(4)59-28-73-51/h11-18,20-22,28,30,41-42,44-46,52,60,68H,3,10,19,23-27H2,1-2,4-9H3,(H,61,70)(H,63,69)/t30-,41?,42+,44?,45-,46-,52+/m0/s1. The minimum absolute atomic E-state index is 0.00490. The molecule has 0 radical (unpaired) electrons. The number of thiazole rings is 1. The van der Waals surface area contributed by atoms with Crippen molar-refractivity contribution < 1.29 is 28.6 Å². The van der Waals surface area contributed by atoms with Crippen molar-refractivity contribution in [3.8, 4) is 21.2 Å². The monoisotopic (exact) mass is 1060 g/mol. The molecular formula is C56H63ClFN9O5S2. The molecule has 0 bridgehead atoms. The number of halogens is 2. The first kappa shape index (κ1) is 52.6. The van der Waals surface area contributed by atoms with Crippen LogP contribution >= 0.6 is 34.3 Å². The number of aliphatic hydroxyl groups is 1. The Bertz CT molecular complexity index is 3120. The van der Waals surface area contributed by atoms with E-state index in [1.807, 2.05) is 75.9 Å². The minimum atomic E-state index is -0.909. The number of likely N-dealkylation sites (tertiary alicyclic amines) is 1. The SMILES string of the molecule is C=C(N[C@@H](C)c1ccc(-c2scnc2C)cc1)[C@@H]1C[C@@H](O)CN1C(=O)[C@@H](NC(=O)CCc1cc(F)cc(OC2CC(NC(=O)C[C@@H]3N=C(c4ccc(Cl)cc4)c4c(sc(C)c4C)-n4c(C)nnc43)C2)c1)C(C)(C)C. The number of fused-ring (bicyclic) bond motifs is 3. The van der Waals surface area contributed by atoms with Gasteiger partial charge in [0.2, 0.25) is 17.7 Å². The van der Waals surface area contributed by atoms with Crippen LogP contribution in [0.5, 0.6) is 5.75 Å². The van der Waals surface area contributed by atoms with E-state index in [1.165, 1.54) is 12.1 Å². The number of benzene rings is 3. The van der Waals surface area contributed by atoms with E-state index < -0.39 is 35.5 Å². The highest BCUT2D eigenvalue weighted by Crippen LogP contribution is 2.40. The Balaban J connectivity index is 0.779. The van der Waals surface area contributed by atoms with Crippen LogP contribution in [0, 0.1) is 38.9 Å². The Morgan fingerprint density at radius 3 is 2.36 bits per heavy atom. The van der Waals surface area contributed by atoms with Crippen LogP contribution in [0.3, 0.4) is 0 Å². The molecule has 0 spiro atoms. The predicted molar refractivity (Wildman–Crippen MR) is 289 cm³/mol. The second-order valence-corrected chi connectivity index (χ2v) is 23.4. The number of aliphatic hydroxyl groups excluding tert-OH is 1. The number of ether oxygens (including phenoxy) is 1. The summed E-state index contributed by atoms with van der Waals surface area (Å²) in [6, 6.07) is 17.9. The van der Waals surface area contributed by atoms with Crippen molar-refractivity contribution in [2.75, 3.05) is 6.54 Å². The van der Waals surface area contributed by atoms with Gasteiger partial charge >= 0.3 is 0 Å². The van der Waals surface area contributed by atoms with E-state index in [9.17, 15) is 19.5 Å². The molecule has 1 saturated carbocycles. The van der Waals surface area contributed by atoms with Crippen molar-refractivity contribution in [3.63, 3.8) is 0 Å². The molecule has 1 saturated heterocycles. The molecule has 2 aliphatic heterocycles. The van der Waals surface area contributed by atoms with Crippen LogP contribution in [0.1, 0.15) is 122 Å². The van der Waals surface area contributed by atoms with Gasteiger partial charge in [0.25, 0.3) is 0 Å². The molecule has 5 heterocycles. The number of nitrogens with zero attached hydrogens (tertiary/aromatic N) is 6. The third-order valence-corrected chi connectivity index (χ3v) is 16.7. The second kappa shape index (κ2) is 21.5. The van der Waals surface area contributed by atoms with Gasteiger partial charge in [-0.3, -0.25) is 23.9 Å². The van der Waals surface area contributed by atoms with Crippen LogP contribution in [0.15, 0.2) is 89.5 Å². The van der Waals surface area contributed by atoms with Gasteiger partial charge in [-0.25, -0.2) is 9.37 Å². The molecular weight excluding hydrogens is 997 g/mol. The van der Waals surface area contributed by atoms with Crippen molar-refractivity contribution in [2.45, 2.75) is 136 Å². The Hall–Kier alpha value is -6.27. The Kier molecular flexibility index (Phi) is 15.3. The lowest BCUT2D eigenvalue weighted by atomic mass is 9.85. The number of amides is 3. The van der Waals surface area contributed by atoms with Crippen LogP contribution in [0.4, 0.5) is 4.39 Å². The van der Waals surface area contributed by atoms with Gasteiger partial charge in [-0.05, 0) is 93.0 Å². The van der Waals surface area contributed by atoms with Gasteiger partial charge in [-0.15, -0.1) is 32.9 Å². The number of aryl methyl sites for hydroxylation is 4. The maximum atomic E-state index is 15.1. The lowest BCUT2D eigenvalue weighted by molar-refractivity contribution is -0.140. The molecule has 4 N–H and O–H groups in total. The molecule has 3 amide bonds. The Morgan fingerprint density at radius 2 is 1.68 bits per heavy atom. The molecule has 5 atom stereocenters. The quantitative estimate of drug-likeness (QED) is 0.0735. The van der Waals surface area contributed by atoms with Crippen LogP contribution < -0.4 is 20.7 Å². The molecule has 6 aromatic rings. The summed E-state index contributed by atoms with van der Waals surface area (Å²) < 4.78 is 23.3. The Labute approximate surface area is 444 Å². The average molecular weight is 1060 g/mol. The van der Waals surface area contributed by atoms with Crippen LogP contribution in [0.2, 0.25) is 5.02 Å². The fourth-order valence-electron chi connectivity index (χ4n) is 10.1. The summed E-state index contributed by atoms with van der Waals surface area (Å²) in [5.74, 6) is 0.273. The maximum absolute atomic E-state index is 15.1. The molecule has 14 nitrogen and oxygen atoms in total. The topological polar surface area (TPSA) is 176 Å². The van der Waals surface area contributed by atoms with E-state index in [0.29, 0.717) is 52.9 Å². The van der Waals surface area contributed by atoms with Crippen molar-refractivity contribution >= 4 is 57.7 Å². The number of carbonyl (C=O) groups is 3. The zero-order chi connectivity index (χ0) is 52.7. The highest BCUT2D eigenvalue weighted by atomic mass is 35.5. The van der Waals surface area contributed by atoms with Gasteiger partial charge in [0.05, 0.1) is 40.4 Å². The first-order chi connectivity index (χ1) is 35.2. The number of rotatable bonds is 16. The molecule has 0 unspecified atom stereocenters. The third-order valence-electron chi connectivity index (χ3n) is 14.3. The molecule has 3 aliphatic rings. The second-order valence-electron chi connectivity index (χ2n) is 20.9. The van der Waals surface area contributed by atoms with E-state index in [2.05, 4.69) is 75.8 Å². The molecule has 1 aliphatic carbocycles. The normalized spacial score (nSPS) is 20.1. The van der Waals surface area contributed by atoms with Gasteiger partial charge in [-0.2, -0.15) is 0 Å². The average Bonchev–Trinajstić information content (AvgIpc) is 4.11. The fourth-order valence-corrected chi connectivity index (χ4v) is 12.2. The highest BCUT2D eigenvalue weighted by Gasteiger charge is 2.43. The molecule has 18 heteroatoms. The summed E-state index contributed by atoms with van der Waals surface area (Å²) in [6.45, 7) is 20.2. The smallest absolute Gasteiger partial charge is 0.246 e. The number of thiophene rings is 1. The number of aliphatic imine (C=N–C) groups is 1. The summed E-state index contributed by atoms with van der Waals surface area (Å²) >= 11 is 9.53. The van der Waals surface area contributed by atoms with Gasteiger partial charge in [0.1, 0.15) is 40.6 Å². The van der Waals surface area contributed by atoms with Gasteiger partial charge in [-0.1, -0.05) is 75.3 Å². The van der Waals surface area contributed by atoms with Crippen molar-refractivity contribution in [1.29, 1.82) is 0 Å². The molecule has 74 heavy (non-hydrogen) atoms. The highest BCUT2D eigenvalue weighted by molar-refractivity contribution is 7.15. The van der Waals surface area contributed by atoms with E-state index in [4.69, 9.17) is 21.3 Å². The molecule has 3 aromatic carbocycles. The number of hydrogen-bond donors (Lipinski definition) is 4. The molecule has 3 aromatic heterocycles. The van der Waals surface area contributed by atoms with E-state index in [-0.39, 0.29) is 61.7 Å². The summed E-state index contributed by atoms with van der Waals surface area (Å²) in [5, 5.41) is 30.9. The number of carbonyl (C=O) groups excluding carboxylic acids is 3. The van der Waals surface area contributed by atoms with E-state index in [0.717, 1.165) is 54.0 Å².